The largest absolute Gasteiger partial charge is 0.357 e. The summed E-state index contributed by atoms with van der Waals surface area (Å²) < 4.78 is 0. The molecule has 0 aliphatic carbocycles. The molecule has 4 nitrogen and oxygen atoms in total. The van der Waals surface area contributed by atoms with Gasteiger partial charge < -0.3 is 15.5 Å². The average Bonchev–Trinajstić information content (AvgIpc) is 2.56. The van der Waals surface area contributed by atoms with Crippen molar-refractivity contribution in [1.82, 2.24) is 9.88 Å². The zero-order chi connectivity index (χ0) is 14.7. The Bertz CT molecular complexity index is 429. The number of anilines is 1. The third-order valence-corrected chi connectivity index (χ3v) is 4.99. The molecule has 0 amide bonds. The van der Waals surface area contributed by atoms with E-state index in [2.05, 4.69) is 26.9 Å². The number of aromatic nitrogens is 1. The van der Waals surface area contributed by atoms with Crippen molar-refractivity contribution in [3.63, 3.8) is 0 Å². The van der Waals surface area contributed by atoms with Gasteiger partial charge in [0.05, 0.1) is 0 Å². The summed E-state index contributed by atoms with van der Waals surface area (Å²) in [6.45, 7) is 6.89. The number of hydrogen-bond donors (Lipinski definition) is 1. The number of rotatable bonds is 3. The molecule has 0 aromatic carbocycles. The van der Waals surface area contributed by atoms with E-state index in [1.165, 1.54) is 45.2 Å². The van der Waals surface area contributed by atoms with Crippen LogP contribution in [0.15, 0.2) is 18.3 Å². The highest BCUT2D eigenvalue weighted by molar-refractivity contribution is 5.40. The van der Waals surface area contributed by atoms with Crippen molar-refractivity contribution in [2.45, 2.75) is 51.1 Å². The second-order valence-corrected chi connectivity index (χ2v) is 6.55. The van der Waals surface area contributed by atoms with Crippen LogP contribution in [0, 0.1) is 0 Å². The SMILES string of the molecule is C[C@@H](N)c1ccc(N2CCC(N3CCCCC3)CC2)nc1. The van der Waals surface area contributed by atoms with Gasteiger partial charge in [-0.1, -0.05) is 12.5 Å². The van der Waals surface area contributed by atoms with Crippen molar-refractivity contribution in [1.29, 1.82) is 0 Å². The number of pyridine rings is 1. The highest BCUT2D eigenvalue weighted by Gasteiger charge is 2.25. The Kier molecular flexibility index (Phi) is 4.76. The van der Waals surface area contributed by atoms with Gasteiger partial charge in [0.2, 0.25) is 0 Å². The van der Waals surface area contributed by atoms with Crippen LogP contribution in [0.3, 0.4) is 0 Å². The monoisotopic (exact) mass is 288 g/mol. The molecule has 21 heavy (non-hydrogen) atoms. The summed E-state index contributed by atoms with van der Waals surface area (Å²) in [5.41, 5.74) is 7.00. The quantitative estimate of drug-likeness (QED) is 0.928. The van der Waals surface area contributed by atoms with Crippen LogP contribution >= 0.6 is 0 Å². The number of nitrogens with two attached hydrogens (primary N) is 1. The van der Waals surface area contributed by atoms with Gasteiger partial charge in [0.15, 0.2) is 0 Å². The molecule has 2 aliphatic heterocycles. The van der Waals surface area contributed by atoms with E-state index in [1.54, 1.807) is 0 Å². The number of hydrogen-bond acceptors (Lipinski definition) is 4. The third kappa shape index (κ3) is 3.55. The Morgan fingerprint density at radius 2 is 1.81 bits per heavy atom. The third-order valence-electron chi connectivity index (χ3n) is 4.99. The molecule has 1 aromatic rings. The fraction of sp³-hybridized carbons (Fsp3) is 0.706. The van der Waals surface area contributed by atoms with E-state index in [-0.39, 0.29) is 6.04 Å². The molecule has 0 unspecified atom stereocenters. The summed E-state index contributed by atoms with van der Waals surface area (Å²) in [5, 5.41) is 0. The van der Waals surface area contributed by atoms with Crippen molar-refractivity contribution < 1.29 is 0 Å². The average molecular weight is 288 g/mol. The smallest absolute Gasteiger partial charge is 0.128 e. The van der Waals surface area contributed by atoms with Crippen molar-refractivity contribution in [3.8, 4) is 0 Å². The summed E-state index contributed by atoms with van der Waals surface area (Å²) in [6, 6.07) is 5.10. The van der Waals surface area contributed by atoms with Gasteiger partial charge in [-0.05, 0) is 57.3 Å². The Labute approximate surface area is 128 Å². The minimum Gasteiger partial charge on any atom is -0.357 e. The van der Waals surface area contributed by atoms with E-state index in [0.717, 1.165) is 30.5 Å². The van der Waals surface area contributed by atoms with Crippen molar-refractivity contribution in [2.75, 3.05) is 31.1 Å². The van der Waals surface area contributed by atoms with Gasteiger partial charge >= 0.3 is 0 Å². The van der Waals surface area contributed by atoms with Gasteiger partial charge in [0.1, 0.15) is 5.82 Å². The predicted molar refractivity (Wildman–Crippen MR) is 87.5 cm³/mol. The summed E-state index contributed by atoms with van der Waals surface area (Å²) in [5.74, 6) is 1.11. The second kappa shape index (κ2) is 6.75. The fourth-order valence-corrected chi connectivity index (χ4v) is 3.60. The van der Waals surface area contributed by atoms with Crippen molar-refractivity contribution in [3.05, 3.63) is 23.9 Å². The first-order valence-electron chi connectivity index (χ1n) is 8.44. The van der Waals surface area contributed by atoms with Crippen molar-refractivity contribution in [2.24, 2.45) is 5.73 Å². The Hall–Kier alpha value is -1.13. The van der Waals surface area contributed by atoms with Gasteiger partial charge in [-0.25, -0.2) is 4.98 Å². The van der Waals surface area contributed by atoms with E-state index in [9.17, 15) is 0 Å². The molecule has 2 N–H and O–H groups in total. The van der Waals surface area contributed by atoms with E-state index in [1.807, 2.05) is 13.1 Å². The molecular weight excluding hydrogens is 260 g/mol. The zero-order valence-electron chi connectivity index (χ0n) is 13.2. The molecule has 0 radical (unpaired) electrons. The Morgan fingerprint density at radius 1 is 1.10 bits per heavy atom. The fourth-order valence-electron chi connectivity index (χ4n) is 3.60. The zero-order valence-corrected chi connectivity index (χ0v) is 13.2. The predicted octanol–water partition coefficient (Wildman–Crippen LogP) is 2.56. The highest BCUT2D eigenvalue weighted by atomic mass is 15.2. The first-order chi connectivity index (χ1) is 10.2. The summed E-state index contributed by atoms with van der Waals surface area (Å²) in [6.07, 6.45) is 8.68. The minimum atomic E-state index is 0.0661. The van der Waals surface area contributed by atoms with E-state index in [4.69, 9.17) is 5.73 Å². The maximum Gasteiger partial charge on any atom is 0.128 e. The van der Waals surface area contributed by atoms with Crippen LogP contribution in [0.4, 0.5) is 5.82 Å². The molecule has 2 fully saturated rings. The lowest BCUT2D eigenvalue weighted by Crippen LogP contribution is -2.46. The maximum absolute atomic E-state index is 5.88. The lowest BCUT2D eigenvalue weighted by atomic mass is 10.00. The van der Waals surface area contributed by atoms with Crippen LogP contribution in [-0.2, 0) is 0 Å². The van der Waals surface area contributed by atoms with E-state index < -0.39 is 0 Å². The highest BCUT2D eigenvalue weighted by Crippen LogP contribution is 2.24. The molecule has 3 heterocycles. The Balaban J connectivity index is 1.55. The molecule has 116 valence electrons. The number of piperidine rings is 2. The molecule has 2 saturated heterocycles. The number of nitrogens with zero attached hydrogens (tertiary/aromatic N) is 3. The molecule has 0 saturated carbocycles. The second-order valence-electron chi connectivity index (χ2n) is 6.55. The van der Waals surface area contributed by atoms with Crippen LogP contribution in [0.5, 0.6) is 0 Å². The molecule has 0 bridgehead atoms. The first-order valence-corrected chi connectivity index (χ1v) is 8.44. The van der Waals surface area contributed by atoms with Crippen LogP contribution in [0.25, 0.3) is 0 Å². The van der Waals surface area contributed by atoms with Gasteiger partial charge in [-0.3, -0.25) is 0 Å². The van der Waals surface area contributed by atoms with Gasteiger partial charge in [0.25, 0.3) is 0 Å². The summed E-state index contributed by atoms with van der Waals surface area (Å²) in [4.78, 5) is 9.73. The van der Waals surface area contributed by atoms with Crippen LogP contribution in [0.2, 0.25) is 0 Å². The lowest BCUT2D eigenvalue weighted by molar-refractivity contribution is 0.141. The van der Waals surface area contributed by atoms with E-state index >= 15 is 0 Å². The molecule has 2 aliphatic rings. The van der Waals surface area contributed by atoms with Gasteiger partial charge in [-0.15, -0.1) is 0 Å². The van der Waals surface area contributed by atoms with Crippen LogP contribution < -0.4 is 10.6 Å². The van der Waals surface area contributed by atoms with Gasteiger partial charge in [-0.2, -0.15) is 0 Å². The molecule has 0 spiro atoms. The van der Waals surface area contributed by atoms with Crippen molar-refractivity contribution >= 4 is 5.82 Å². The first kappa shape index (κ1) is 14.8. The van der Waals surface area contributed by atoms with Crippen LogP contribution in [0.1, 0.15) is 50.6 Å². The normalized spacial score (nSPS) is 23.2. The molecule has 3 rings (SSSR count). The molecule has 1 atom stereocenters. The molecular formula is C17H28N4. The van der Waals surface area contributed by atoms with Crippen LogP contribution in [-0.4, -0.2) is 42.1 Å². The standard InChI is InChI=1S/C17H28N4/c1-14(18)15-5-6-17(19-13-15)21-11-7-16(8-12-21)20-9-3-2-4-10-20/h5-6,13-14,16H,2-4,7-12,18H2,1H3/t14-/m1/s1. The van der Waals surface area contributed by atoms with Gasteiger partial charge in [0, 0.05) is 31.4 Å². The van der Waals surface area contributed by atoms with E-state index in [0.29, 0.717) is 0 Å². The molecule has 4 heteroatoms. The Morgan fingerprint density at radius 3 is 2.38 bits per heavy atom. The molecule has 1 aromatic heterocycles. The summed E-state index contributed by atoms with van der Waals surface area (Å²) >= 11 is 0. The topological polar surface area (TPSA) is 45.4 Å². The lowest BCUT2D eigenvalue weighted by Gasteiger charge is -2.40. The number of likely N-dealkylation sites (tertiary alicyclic amines) is 1. The maximum atomic E-state index is 5.88. The summed E-state index contributed by atoms with van der Waals surface area (Å²) in [7, 11) is 0. The minimum absolute atomic E-state index is 0.0661.